The first kappa shape index (κ1) is 12.3. The summed E-state index contributed by atoms with van der Waals surface area (Å²) in [6.45, 7) is 3.38. The Balaban J connectivity index is 1.80. The number of piperidine rings is 3. The Morgan fingerprint density at radius 1 is 1.26 bits per heavy atom. The lowest BCUT2D eigenvalue weighted by Crippen LogP contribution is -2.52. The van der Waals surface area contributed by atoms with Gasteiger partial charge in [-0.25, -0.2) is 0 Å². The summed E-state index contributed by atoms with van der Waals surface area (Å²) in [6, 6.07) is 7.47. The van der Waals surface area contributed by atoms with Gasteiger partial charge >= 0.3 is 0 Å². The van der Waals surface area contributed by atoms with Crippen LogP contribution in [0.4, 0.5) is 0 Å². The monoisotopic (exact) mass is 258 g/mol. The van der Waals surface area contributed by atoms with Crippen LogP contribution in [0.15, 0.2) is 18.2 Å². The Bertz CT molecular complexity index is 501. The molecule has 100 valence electrons. The molecule has 4 rings (SSSR count). The molecule has 2 bridgehead atoms. The molecule has 0 aliphatic carbocycles. The number of fused-ring (bicyclic) bond motifs is 3. The minimum absolute atomic E-state index is 0.227. The molecule has 3 aliphatic rings. The maximum atomic E-state index is 8.98. The SMILES string of the molecule is COc1ccc(C#N)cc1OC1CN2CCC1CC2. The van der Waals surface area contributed by atoms with Crippen molar-refractivity contribution in [2.24, 2.45) is 5.92 Å². The van der Waals surface area contributed by atoms with Crippen LogP contribution in [0, 0.1) is 17.2 Å². The average Bonchev–Trinajstić information content (AvgIpc) is 2.48. The number of methoxy groups -OCH3 is 1. The van der Waals surface area contributed by atoms with Gasteiger partial charge in [0.25, 0.3) is 0 Å². The highest BCUT2D eigenvalue weighted by Gasteiger charge is 2.35. The van der Waals surface area contributed by atoms with Crippen LogP contribution in [0.3, 0.4) is 0 Å². The van der Waals surface area contributed by atoms with Crippen molar-refractivity contribution in [1.29, 1.82) is 5.26 Å². The number of benzene rings is 1. The third-order valence-electron chi connectivity index (χ3n) is 4.17. The minimum atomic E-state index is 0.227. The molecule has 0 saturated carbocycles. The van der Waals surface area contributed by atoms with E-state index in [4.69, 9.17) is 14.7 Å². The lowest BCUT2D eigenvalue weighted by Gasteiger charge is -2.44. The molecule has 1 atom stereocenters. The summed E-state index contributed by atoms with van der Waals surface area (Å²) >= 11 is 0. The molecular formula is C15H18N2O2. The van der Waals surface area contributed by atoms with Crippen LogP contribution in [0.1, 0.15) is 18.4 Å². The number of ether oxygens (including phenoxy) is 2. The predicted molar refractivity (Wildman–Crippen MR) is 71.3 cm³/mol. The van der Waals surface area contributed by atoms with Gasteiger partial charge in [-0.3, -0.25) is 4.90 Å². The average molecular weight is 258 g/mol. The molecule has 0 aromatic heterocycles. The zero-order chi connectivity index (χ0) is 13.2. The van der Waals surface area contributed by atoms with Gasteiger partial charge in [0.1, 0.15) is 6.10 Å². The van der Waals surface area contributed by atoms with Crippen molar-refractivity contribution >= 4 is 0 Å². The third-order valence-corrected chi connectivity index (χ3v) is 4.17. The molecular weight excluding hydrogens is 240 g/mol. The fourth-order valence-electron chi connectivity index (χ4n) is 3.05. The summed E-state index contributed by atoms with van der Waals surface area (Å²) in [5.74, 6) is 2.04. The molecule has 0 spiro atoms. The van der Waals surface area contributed by atoms with E-state index in [-0.39, 0.29) is 6.10 Å². The summed E-state index contributed by atoms with van der Waals surface area (Å²) in [7, 11) is 1.63. The first-order valence-electron chi connectivity index (χ1n) is 6.77. The molecule has 4 heteroatoms. The Labute approximate surface area is 113 Å². The maximum Gasteiger partial charge on any atom is 0.162 e. The molecule has 4 nitrogen and oxygen atoms in total. The number of nitrogens with zero attached hydrogens (tertiary/aromatic N) is 2. The Morgan fingerprint density at radius 2 is 2.05 bits per heavy atom. The van der Waals surface area contributed by atoms with E-state index < -0.39 is 0 Å². The topological polar surface area (TPSA) is 45.5 Å². The van der Waals surface area contributed by atoms with Crippen LogP contribution in [0.2, 0.25) is 0 Å². The van der Waals surface area contributed by atoms with E-state index in [0.717, 1.165) is 6.54 Å². The molecule has 0 amide bonds. The highest BCUT2D eigenvalue weighted by atomic mass is 16.5. The quantitative estimate of drug-likeness (QED) is 0.832. The highest BCUT2D eigenvalue weighted by Crippen LogP contribution is 2.34. The molecule has 0 N–H and O–H groups in total. The van der Waals surface area contributed by atoms with Crippen molar-refractivity contribution in [3.8, 4) is 17.6 Å². The van der Waals surface area contributed by atoms with Crippen LogP contribution >= 0.6 is 0 Å². The van der Waals surface area contributed by atoms with Gasteiger partial charge in [-0.2, -0.15) is 5.26 Å². The van der Waals surface area contributed by atoms with Crippen LogP contribution in [0.25, 0.3) is 0 Å². The Morgan fingerprint density at radius 3 is 2.63 bits per heavy atom. The van der Waals surface area contributed by atoms with Crippen LogP contribution in [-0.4, -0.2) is 37.7 Å². The first-order valence-corrected chi connectivity index (χ1v) is 6.77. The van der Waals surface area contributed by atoms with Gasteiger partial charge in [0, 0.05) is 12.6 Å². The van der Waals surface area contributed by atoms with Gasteiger partial charge in [0.2, 0.25) is 0 Å². The third kappa shape index (κ3) is 2.39. The second-order valence-corrected chi connectivity index (χ2v) is 5.27. The van der Waals surface area contributed by atoms with Crippen molar-refractivity contribution in [3.05, 3.63) is 23.8 Å². The van der Waals surface area contributed by atoms with E-state index >= 15 is 0 Å². The number of rotatable bonds is 3. The molecule has 1 unspecified atom stereocenters. The van der Waals surface area contributed by atoms with Gasteiger partial charge in [0.05, 0.1) is 18.7 Å². The fraction of sp³-hybridized carbons (Fsp3) is 0.533. The minimum Gasteiger partial charge on any atom is -0.493 e. The summed E-state index contributed by atoms with van der Waals surface area (Å²) in [5, 5.41) is 8.98. The zero-order valence-corrected chi connectivity index (χ0v) is 11.1. The fourth-order valence-corrected chi connectivity index (χ4v) is 3.05. The largest absolute Gasteiger partial charge is 0.493 e. The Kier molecular flexibility index (Phi) is 3.31. The number of nitriles is 1. The van der Waals surface area contributed by atoms with Gasteiger partial charge < -0.3 is 9.47 Å². The van der Waals surface area contributed by atoms with E-state index in [9.17, 15) is 0 Å². The first-order chi connectivity index (χ1) is 9.30. The predicted octanol–water partition coefficient (Wildman–Crippen LogP) is 2.04. The van der Waals surface area contributed by atoms with Crippen LogP contribution < -0.4 is 9.47 Å². The Hall–Kier alpha value is -1.73. The maximum absolute atomic E-state index is 8.98. The molecule has 1 aromatic rings. The van der Waals surface area contributed by atoms with Crippen molar-refractivity contribution in [2.45, 2.75) is 18.9 Å². The van der Waals surface area contributed by atoms with E-state index in [2.05, 4.69) is 11.0 Å². The zero-order valence-electron chi connectivity index (χ0n) is 11.1. The highest BCUT2D eigenvalue weighted by molar-refractivity contribution is 5.46. The van der Waals surface area contributed by atoms with Crippen molar-refractivity contribution < 1.29 is 9.47 Å². The molecule has 3 saturated heterocycles. The van der Waals surface area contributed by atoms with Gasteiger partial charge in [-0.15, -0.1) is 0 Å². The summed E-state index contributed by atoms with van der Waals surface area (Å²) in [4.78, 5) is 2.45. The second-order valence-electron chi connectivity index (χ2n) is 5.27. The molecule has 0 radical (unpaired) electrons. The molecule has 1 aromatic carbocycles. The summed E-state index contributed by atoms with van der Waals surface area (Å²) < 4.78 is 11.5. The normalized spacial score (nSPS) is 28.7. The van der Waals surface area contributed by atoms with E-state index in [1.165, 1.54) is 25.9 Å². The number of hydrogen-bond acceptors (Lipinski definition) is 4. The molecule has 19 heavy (non-hydrogen) atoms. The van der Waals surface area contributed by atoms with Crippen LogP contribution in [-0.2, 0) is 0 Å². The van der Waals surface area contributed by atoms with Gasteiger partial charge in [-0.05, 0) is 44.0 Å². The molecule has 3 heterocycles. The van der Waals surface area contributed by atoms with Crippen molar-refractivity contribution in [3.63, 3.8) is 0 Å². The van der Waals surface area contributed by atoms with Crippen LogP contribution in [0.5, 0.6) is 11.5 Å². The number of hydrogen-bond donors (Lipinski definition) is 0. The van der Waals surface area contributed by atoms with E-state index in [0.29, 0.717) is 23.0 Å². The lowest BCUT2D eigenvalue weighted by molar-refractivity contribution is -0.00884. The van der Waals surface area contributed by atoms with Crippen molar-refractivity contribution in [2.75, 3.05) is 26.7 Å². The lowest BCUT2D eigenvalue weighted by atomic mass is 9.86. The summed E-state index contributed by atoms with van der Waals surface area (Å²) in [5.41, 5.74) is 0.608. The summed E-state index contributed by atoms with van der Waals surface area (Å²) in [6.07, 6.45) is 2.65. The van der Waals surface area contributed by atoms with Gasteiger partial charge in [0.15, 0.2) is 11.5 Å². The second kappa shape index (κ2) is 5.10. The van der Waals surface area contributed by atoms with Crippen molar-refractivity contribution in [1.82, 2.24) is 4.90 Å². The van der Waals surface area contributed by atoms with E-state index in [1.54, 1.807) is 25.3 Å². The smallest absolute Gasteiger partial charge is 0.162 e. The van der Waals surface area contributed by atoms with Gasteiger partial charge in [-0.1, -0.05) is 0 Å². The molecule has 3 aliphatic heterocycles. The van der Waals surface area contributed by atoms with E-state index in [1.807, 2.05) is 0 Å². The molecule has 3 fully saturated rings. The standard InChI is InChI=1S/C15H18N2O2/c1-18-13-3-2-11(9-16)8-14(13)19-15-10-17-6-4-12(15)5-7-17/h2-3,8,12,15H,4-7,10H2,1H3.